The molecule has 23 heavy (non-hydrogen) atoms. The Bertz CT molecular complexity index is 794. The van der Waals surface area contributed by atoms with Crippen LogP contribution < -0.4 is 4.74 Å². The molecule has 0 spiro atoms. The van der Waals surface area contributed by atoms with Crippen molar-refractivity contribution in [3.8, 4) is 23.0 Å². The fraction of sp³-hybridized carbons (Fsp3) is 0.167. The average molecular weight is 312 g/mol. The predicted octanol–water partition coefficient (Wildman–Crippen LogP) is 3.24. The van der Waals surface area contributed by atoms with E-state index in [2.05, 4.69) is 6.58 Å². The van der Waals surface area contributed by atoms with E-state index in [0.29, 0.717) is 17.5 Å². The van der Waals surface area contributed by atoms with E-state index in [9.17, 15) is 20.1 Å². The highest BCUT2D eigenvalue weighted by Gasteiger charge is 2.33. The lowest BCUT2D eigenvalue weighted by atomic mass is 9.92. The number of carbonyl (C=O) groups excluding carboxylic acids is 1. The van der Waals surface area contributed by atoms with Gasteiger partial charge in [0, 0.05) is 11.6 Å². The summed E-state index contributed by atoms with van der Waals surface area (Å²) >= 11 is 0. The van der Waals surface area contributed by atoms with Crippen molar-refractivity contribution < 1.29 is 24.9 Å². The molecule has 2 aromatic carbocycles. The van der Waals surface area contributed by atoms with Crippen LogP contribution in [0.1, 0.15) is 34.0 Å². The number of phenols is 3. The predicted molar refractivity (Wildman–Crippen MR) is 84.1 cm³/mol. The standard InChI is InChI=1S/C18H16O5/c1-2-4-12-13(20)8-14(21)17-15(22)9-16(23-18(12)17)10-5-3-6-11(19)7-10/h2-3,5-8,16,19-21H,1,4,9H2. The van der Waals surface area contributed by atoms with Crippen LogP contribution in [-0.2, 0) is 6.42 Å². The Morgan fingerprint density at radius 1 is 1.22 bits per heavy atom. The second kappa shape index (κ2) is 5.68. The maximum absolute atomic E-state index is 12.4. The van der Waals surface area contributed by atoms with Gasteiger partial charge in [-0.2, -0.15) is 0 Å². The average Bonchev–Trinajstić information content (AvgIpc) is 2.50. The van der Waals surface area contributed by atoms with Gasteiger partial charge in [-0.1, -0.05) is 18.2 Å². The minimum atomic E-state index is -0.591. The molecule has 1 unspecified atom stereocenters. The number of phenolic OH excluding ortho intramolecular Hbond substituents is 3. The van der Waals surface area contributed by atoms with E-state index in [4.69, 9.17) is 4.74 Å². The number of ketones is 1. The SMILES string of the molecule is C=CCc1c(O)cc(O)c2c1OC(c1cccc(O)c1)CC2=O. The van der Waals surface area contributed by atoms with Crippen molar-refractivity contribution in [2.24, 2.45) is 0 Å². The molecular weight excluding hydrogens is 296 g/mol. The Morgan fingerprint density at radius 2 is 2.00 bits per heavy atom. The van der Waals surface area contributed by atoms with Crippen molar-refractivity contribution in [2.75, 3.05) is 0 Å². The number of carbonyl (C=O) groups is 1. The van der Waals surface area contributed by atoms with E-state index in [1.165, 1.54) is 12.1 Å². The van der Waals surface area contributed by atoms with Gasteiger partial charge in [0.1, 0.15) is 34.7 Å². The highest BCUT2D eigenvalue weighted by atomic mass is 16.5. The van der Waals surface area contributed by atoms with Crippen LogP contribution in [0, 0.1) is 0 Å². The zero-order chi connectivity index (χ0) is 16.6. The summed E-state index contributed by atoms with van der Waals surface area (Å²) in [4.78, 5) is 12.4. The van der Waals surface area contributed by atoms with E-state index >= 15 is 0 Å². The second-order valence-corrected chi connectivity index (χ2v) is 5.42. The van der Waals surface area contributed by atoms with Gasteiger partial charge >= 0.3 is 0 Å². The molecule has 5 nitrogen and oxygen atoms in total. The van der Waals surface area contributed by atoms with Gasteiger partial charge in [0.2, 0.25) is 0 Å². The van der Waals surface area contributed by atoms with E-state index in [1.54, 1.807) is 18.2 Å². The highest BCUT2D eigenvalue weighted by Crippen LogP contribution is 2.45. The number of benzene rings is 2. The first-order chi connectivity index (χ1) is 11.0. The Kier molecular flexibility index (Phi) is 3.70. The maximum atomic E-state index is 12.4. The summed E-state index contributed by atoms with van der Waals surface area (Å²) < 4.78 is 5.89. The van der Waals surface area contributed by atoms with Gasteiger partial charge < -0.3 is 20.1 Å². The number of hydrogen-bond acceptors (Lipinski definition) is 5. The lowest BCUT2D eigenvalue weighted by Crippen LogP contribution is -2.21. The van der Waals surface area contributed by atoms with Gasteiger partial charge in [-0.05, 0) is 24.1 Å². The molecule has 0 amide bonds. The van der Waals surface area contributed by atoms with E-state index in [-0.39, 0.29) is 40.8 Å². The van der Waals surface area contributed by atoms with Gasteiger partial charge in [0.25, 0.3) is 0 Å². The van der Waals surface area contributed by atoms with Crippen LogP contribution in [0.5, 0.6) is 23.0 Å². The molecule has 1 heterocycles. The zero-order valence-electron chi connectivity index (χ0n) is 12.3. The summed E-state index contributed by atoms with van der Waals surface area (Å²) in [6.45, 7) is 3.63. The summed E-state index contributed by atoms with van der Waals surface area (Å²) in [6.07, 6.45) is 1.33. The first-order valence-corrected chi connectivity index (χ1v) is 7.18. The molecular formula is C18H16O5. The van der Waals surface area contributed by atoms with Crippen LogP contribution in [0.3, 0.4) is 0 Å². The quantitative estimate of drug-likeness (QED) is 0.757. The summed E-state index contributed by atoms with van der Waals surface area (Å²) in [5.41, 5.74) is 1.14. The topological polar surface area (TPSA) is 87.0 Å². The van der Waals surface area contributed by atoms with E-state index in [1.807, 2.05) is 0 Å². The van der Waals surface area contributed by atoms with E-state index in [0.717, 1.165) is 6.07 Å². The normalized spacial score (nSPS) is 16.5. The Hall–Kier alpha value is -2.95. The molecule has 0 radical (unpaired) electrons. The molecule has 0 saturated heterocycles. The van der Waals surface area contributed by atoms with Gasteiger partial charge in [-0.15, -0.1) is 6.58 Å². The van der Waals surface area contributed by atoms with Crippen molar-refractivity contribution in [3.05, 3.63) is 59.7 Å². The number of Topliss-reactive ketones (excluding diaryl/α,β-unsaturated/α-hetero) is 1. The summed E-state index contributed by atoms with van der Waals surface area (Å²) in [6, 6.07) is 7.62. The lowest BCUT2D eigenvalue weighted by Gasteiger charge is -2.28. The molecule has 0 saturated carbocycles. The number of rotatable bonds is 3. The third-order valence-corrected chi connectivity index (χ3v) is 3.84. The van der Waals surface area contributed by atoms with Crippen molar-refractivity contribution in [3.63, 3.8) is 0 Å². The van der Waals surface area contributed by atoms with Crippen molar-refractivity contribution >= 4 is 5.78 Å². The maximum Gasteiger partial charge on any atom is 0.174 e. The van der Waals surface area contributed by atoms with Crippen LogP contribution in [0.25, 0.3) is 0 Å². The van der Waals surface area contributed by atoms with Gasteiger partial charge in [-0.3, -0.25) is 4.79 Å². The Morgan fingerprint density at radius 3 is 2.70 bits per heavy atom. The number of ether oxygens (including phenoxy) is 1. The molecule has 3 rings (SSSR count). The lowest BCUT2D eigenvalue weighted by molar-refractivity contribution is 0.0842. The minimum Gasteiger partial charge on any atom is -0.508 e. The molecule has 3 N–H and O–H groups in total. The number of fused-ring (bicyclic) bond motifs is 1. The Labute approximate surface area is 133 Å². The smallest absolute Gasteiger partial charge is 0.174 e. The number of allylic oxidation sites excluding steroid dienone is 1. The van der Waals surface area contributed by atoms with Crippen LogP contribution in [0.2, 0.25) is 0 Å². The molecule has 118 valence electrons. The second-order valence-electron chi connectivity index (χ2n) is 5.42. The molecule has 5 heteroatoms. The van der Waals surface area contributed by atoms with Gasteiger partial charge in [0.05, 0.1) is 6.42 Å². The van der Waals surface area contributed by atoms with E-state index < -0.39 is 6.10 Å². The third-order valence-electron chi connectivity index (χ3n) is 3.84. The zero-order valence-corrected chi connectivity index (χ0v) is 12.3. The fourth-order valence-electron chi connectivity index (χ4n) is 2.78. The molecule has 2 aromatic rings. The third kappa shape index (κ3) is 2.61. The van der Waals surface area contributed by atoms with Gasteiger partial charge in [-0.25, -0.2) is 0 Å². The molecule has 0 aliphatic carbocycles. The molecule has 0 fully saturated rings. The highest BCUT2D eigenvalue weighted by molar-refractivity contribution is 6.03. The van der Waals surface area contributed by atoms with Gasteiger partial charge in [0.15, 0.2) is 5.78 Å². The number of aromatic hydroxyl groups is 3. The summed E-state index contributed by atoms with van der Waals surface area (Å²) in [5.74, 6) is -0.473. The van der Waals surface area contributed by atoms with Crippen molar-refractivity contribution in [1.29, 1.82) is 0 Å². The Balaban J connectivity index is 2.11. The molecule has 0 bridgehead atoms. The first kappa shape index (κ1) is 15.0. The molecule has 1 aliphatic heterocycles. The van der Waals surface area contributed by atoms with Crippen LogP contribution in [0.4, 0.5) is 0 Å². The monoisotopic (exact) mass is 312 g/mol. The minimum absolute atomic E-state index is 0.0440. The van der Waals surface area contributed by atoms with Crippen LogP contribution in [0.15, 0.2) is 43.0 Å². The first-order valence-electron chi connectivity index (χ1n) is 7.18. The fourth-order valence-corrected chi connectivity index (χ4v) is 2.78. The summed E-state index contributed by atoms with van der Waals surface area (Å²) in [5, 5.41) is 29.6. The van der Waals surface area contributed by atoms with Crippen LogP contribution >= 0.6 is 0 Å². The largest absolute Gasteiger partial charge is 0.508 e. The molecule has 0 aromatic heterocycles. The van der Waals surface area contributed by atoms with Crippen molar-refractivity contribution in [2.45, 2.75) is 18.9 Å². The van der Waals surface area contributed by atoms with Crippen molar-refractivity contribution in [1.82, 2.24) is 0 Å². The number of hydrogen-bond donors (Lipinski definition) is 3. The summed E-state index contributed by atoms with van der Waals surface area (Å²) in [7, 11) is 0. The molecule has 1 atom stereocenters. The molecule has 1 aliphatic rings. The van der Waals surface area contributed by atoms with Crippen LogP contribution in [-0.4, -0.2) is 21.1 Å².